The molecular weight excluding hydrogens is 404 g/mol. The third-order valence-corrected chi connectivity index (χ3v) is 6.61. The summed E-state index contributed by atoms with van der Waals surface area (Å²) in [7, 11) is 1.42. The highest BCUT2D eigenvalue weighted by Crippen LogP contribution is 2.38. The Morgan fingerprint density at radius 1 is 1.08 bits per heavy atom. The molecule has 0 amide bonds. The molecule has 24 heavy (non-hydrogen) atoms. The van der Waals surface area contributed by atoms with Gasteiger partial charge in [0.1, 0.15) is 0 Å². The Labute approximate surface area is 158 Å². The van der Waals surface area contributed by atoms with E-state index in [1.807, 2.05) is 6.07 Å². The maximum atomic E-state index is 11.6. The van der Waals surface area contributed by atoms with Crippen LogP contribution in [0.4, 0.5) is 0 Å². The molecule has 0 fully saturated rings. The first-order valence-corrected chi connectivity index (χ1v) is 10.1. The van der Waals surface area contributed by atoms with Crippen molar-refractivity contribution < 1.29 is 9.53 Å². The van der Waals surface area contributed by atoms with E-state index in [0.717, 1.165) is 26.2 Å². The lowest BCUT2D eigenvalue weighted by Gasteiger charge is -2.06. The fraction of sp³-hybridized carbons (Fsp3) is 0.211. The fourth-order valence-corrected chi connectivity index (χ4v) is 5.32. The number of benzene rings is 1. The Morgan fingerprint density at radius 3 is 2.38 bits per heavy atom. The first-order valence-electron chi connectivity index (χ1n) is 7.64. The van der Waals surface area contributed by atoms with Crippen LogP contribution in [0.25, 0.3) is 20.9 Å². The van der Waals surface area contributed by atoms with E-state index in [1.54, 1.807) is 22.7 Å². The van der Waals surface area contributed by atoms with Gasteiger partial charge in [-0.1, -0.05) is 31.2 Å². The van der Waals surface area contributed by atoms with Crippen LogP contribution >= 0.6 is 38.6 Å². The first-order chi connectivity index (χ1) is 11.6. The van der Waals surface area contributed by atoms with Gasteiger partial charge in [-0.05, 0) is 62.1 Å². The Bertz CT molecular complexity index is 847. The molecule has 0 spiro atoms. The van der Waals surface area contributed by atoms with Crippen LogP contribution < -0.4 is 0 Å². The van der Waals surface area contributed by atoms with Gasteiger partial charge in [0.25, 0.3) is 0 Å². The molecule has 0 saturated heterocycles. The van der Waals surface area contributed by atoms with E-state index in [4.69, 9.17) is 4.74 Å². The van der Waals surface area contributed by atoms with E-state index in [0.29, 0.717) is 6.42 Å². The first kappa shape index (κ1) is 17.4. The quantitative estimate of drug-likeness (QED) is 0.460. The second-order valence-corrected chi connectivity index (χ2v) is 8.71. The van der Waals surface area contributed by atoms with Gasteiger partial charge in [-0.3, -0.25) is 4.79 Å². The Morgan fingerprint density at radius 2 is 1.75 bits per heavy atom. The van der Waals surface area contributed by atoms with Gasteiger partial charge in [0, 0.05) is 9.75 Å². The standard InChI is InChI=1S/C19H17BrO2S2/c1-3-12-8-9-23-18(12)13-4-6-14(7-5-13)19-15(10-16(20)24-19)11-17(21)22-2/h4-10H,3,11H2,1-2H3. The van der Waals surface area contributed by atoms with Crippen LogP contribution in [0.5, 0.6) is 0 Å². The van der Waals surface area contributed by atoms with Gasteiger partial charge in [0.2, 0.25) is 0 Å². The van der Waals surface area contributed by atoms with Crippen LogP contribution in [0, 0.1) is 0 Å². The molecule has 2 nitrogen and oxygen atoms in total. The zero-order valence-corrected chi connectivity index (χ0v) is 16.7. The molecule has 2 aromatic heterocycles. The second-order valence-electron chi connectivity index (χ2n) is 5.36. The van der Waals surface area contributed by atoms with Crippen molar-refractivity contribution in [1.29, 1.82) is 0 Å². The highest BCUT2D eigenvalue weighted by molar-refractivity contribution is 9.11. The van der Waals surface area contributed by atoms with Crippen molar-refractivity contribution in [2.75, 3.05) is 7.11 Å². The van der Waals surface area contributed by atoms with Crippen LogP contribution in [0.2, 0.25) is 0 Å². The minimum Gasteiger partial charge on any atom is -0.469 e. The molecule has 0 N–H and O–H groups in total. The predicted octanol–water partition coefficient (Wildman–Crippen LogP) is 6.18. The molecule has 0 saturated carbocycles. The highest BCUT2D eigenvalue weighted by atomic mass is 79.9. The SMILES string of the molecule is CCc1ccsc1-c1ccc(-c2sc(Br)cc2CC(=O)OC)cc1. The number of esters is 1. The number of rotatable bonds is 5. The Kier molecular flexibility index (Phi) is 5.54. The average molecular weight is 421 g/mol. The average Bonchev–Trinajstić information content (AvgIpc) is 3.21. The summed E-state index contributed by atoms with van der Waals surface area (Å²) in [4.78, 5) is 14.1. The van der Waals surface area contributed by atoms with Gasteiger partial charge in [-0.15, -0.1) is 22.7 Å². The number of aryl methyl sites for hydroxylation is 1. The zero-order valence-electron chi connectivity index (χ0n) is 13.5. The van der Waals surface area contributed by atoms with Crippen molar-refractivity contribution in [3.05, 3.63) is 56.7 Å². The molecule has 0 aliphatic heterocycles. The summed E-state index contributed by atoms with van der Waals surface area (Å²) in [6.45, 7) is 2.18. The summed E-state index contributed by atoms with van der Waals surface area (Å²) in [6.07, 6.45) is 1.34. The Hall–Kier alpha value is -1.43. The Balaban J connectivity index is 1.93. The van der Waals surface area contributed by atoms with Crippen LogP contribution in [0.3, 0.4) is 0 Å². The van der Waals surface area contributed by atoms with Crippen molar-refractivity contribution in [3.63, 3.8) is 0 Å². The van der Waals surface area contributed by atoms with Crippen molar-refractivity contribution in [2.24, 2.45) is 0 Å². The third-order valence-electron chi connectivity index (χ3n) is 3.88. The van der Waals surface area contributed by atoms with Crippen molar-refractivity contribution in [3.8, 4) is 20.9 Å². The molecule has 0 unspecified atom stereocenters. The molecule has 2 heterocycles. The number of methoxy groups -OCH3 is 1. The molecule has 0 aliphatic rings. The lowest BCUT2D eigenvalue weighted by Crippen LogP contribution is -2.04. The highest BCUT2D eigenvalue weighted by Gasteiger charge is 2.14. The van der Waals surface area contributed by atoms with E-state index in [2.05, 4.69) is 58.6 Å². The number of halogens is 1. The van der Waals surface area contributed by atoms with Gasteiger partial charge in [-0.25, -0.2) is 0 Å². The minimum absolute atomic E-state index is 0.218. The molecule has 0 radical (unpaired) electrons. The molecule has 1 aromatic carbocycles. The zero-order chi connectivity index (χ0) is 17.1. The topological polar surface area (TPSA) is 26.3 Å². The third kappa shape index (κ3) is 3.63. The number of ether oxygens (including phenoxy) is 1. The molecule has 0 bridgehead atoms. The van der Waals surface area contributed by atoms with Gasteiger partial charge in [-0.2, -0.15) is 0 Å². The van der Waals surface area contributed by atoms with Crippen molar-refractivity contribution in [1.82, 2.24) is 0 Å². The molecule has 5 heteroatoms. The molecule has 3 aromatic rings. The molecule has 124 valence electrons. The van der Waals surface area contributed by atoms with Gasteiger partial charge < -0.3 is 4.74 Å². The lowest BCUT2D eigenvalue weighted by atomic mass is 10.0. The smallest absolute Gasteiger partial charge is 0.310 e. The number of thiophene rings is 2. The van der Waals surface area contributed by atoms with Crippen LogP contribution in [0.1, 0.15) is 18.1 Å². The molecule has 0 aliphatic carbocycles. The summed E-state index contributed by atoms with van der Waals surface area (Å²) in [5.74, 6) is -0.218. The van der Waals surface area contributed by atoms with Crippen molar-refractivity contribution >= 4 is 44.6 Å². The van der Waals surface area contributed by atoms with Crippen LogP contribution in [0.15, 0.2) is 45.6 Å². The van der Waals surface area contributed by atoms with E-state index in [-0.39, 0.29) is 5.97 Å². The van der Waals surface area contributed by atoms with E-state index in [9.17, 15) is 4.79 Å². The monoisotopic (exact) mass is 420 g/mol. The van der Waals surface area contributed by atoms with Crippen LogP contribution in [-0.2, 0) is 22.4 Å². The van der Waals surface area contributed by atoms with Gasteiger partial charge in [0.05, 0.1) is 17.3 Å². The van der Waals surface area contributed by atoms with Crippen molar-refractivity contribution in [2.45, 2.75) is 19.8 Å². The predicted molar refractivity (Wildman–Crippen MR) is 106 cm³/mol. The van der Waals surface area contributed by atoms with E-state index < -0.39 is 0 Å². The van der Waals surface area contributed by atoms with E-state index in [1.165, 1.54) is 23.1 Å². The minimum atomic E-state index is -0.218. The fourth-order valence-electron chi connectivity index (χ4n) is 2.64. The second kappa shape index (κ2) is 7.64. The number of carbonyl (C=O) groups is 1. The number of hydrogen-bond acceptors (Lipinski definition) is 4. The summed E-state index contributed by atoms with van der Waals surface area (Å²) in [5, 5.41) is 2.15. The summed E-state index contributed by atoms with van der Waals surface area (Å²) >= 11 is 6.95. The summed E-state index contributed by atoms with van der Waals surface area (Å²) < 4.78 is 5.82. The molecule has 3 rings (SSSR count). The normalized spacial score (nSPS) is 10.8. The maximum Gasteiger partial charge on any atom is 0.310 e. The molecular formula is C19H17BrO2S2. The summed E-state index contributed by atoms with van der Waals surface area (Å²) in [6, 6.07) is 12.8. The van der Waals surface area contributed by atoms with E-state index >= 15 is 0 Å². The number of carbonyl (C=O) groups excluding carboxylic acids is 1. The van der Waals surface area contributed by atoms with Crippen LogP contribution in [-0.4, -0.2) is 13.1 Å². The maximum absolute atomic E-state index is 11.6. The lowest BCUT2D eigenvalue weighted by molar-refractivity contribution is -0.139. The largest absolute Gasteiger partial charge is 0.469 e. The molecule has 0 atom stereocenters. The number of hydrogen-bond donors (Lipinski definition) is 0. The summed E-state index contributed by atoms with van der Waals surface area (Å²) in [5.41, 5.74) is 4.76. The van der Waals surface area contributed by atoms with Gasteiger partial charge >= 0.3 is 5.97 Å². The van der Waals surface area contributed by atoms with Gasteiger partial charge in [0.15, 0.2) is 0 Å².